The molecule has 0 fully saturated rings. The molecule has 8 nitrogen and oxygen atoms in total. The number of benzene rings is 1. The Bertz CT molecular complexity index is 869. The molecule has 0 radical (unpaired) electrons. The molecule has 0 aliphatic heterocycles. The minimum Gasteiger partial charge on any atom is -0.459 e. The molecule has 1 aromatic heterocycles. The number of hydrogen-bond donors (Lipinski definition) is 1. The summed E-state index contributed by atoms with van der Waals surface area (Å²) in [5.41, 5.74) is -0.497. The summed E-state index contributed by atoms with van der Waals surface area (Å²) in [7, 11) is 0. The molecular weight excluding hydrogens is 350 g/mol. The summed E-state index contributed by atoms with van der Waals surface area (Å²) in [5, 5.41) is 2.36. The second kappa shape index (κ2) is 8.48. The number of hydrogen-bond acceptors (Lipinski definition) is 6. The summed E-state index contributed by atoms with van der Waals surface area (Å²) in [6.07, 6.45) is 0.443. The summed E-state index contributed by atoms with van der Waals surface area (Å²) in [4.78, 5) is 40.5. The fourth-order valence-corrected chi connectivity index (χ4v) is 2.22. The highest BCUT2D eigenvalue weighted by molar-refractivity contribution is 5.84. The van der Waals surface area contributed by atoms with Crippen LogP contribution in [0.5, 0.6) is 0 Å². The van der Waals surface area contributed by atoms with E-state index in [-0.39, 0.29) is 18.8 Å². The average molecular weight is 373 g/mol. The van der Waals surface area contributed by atoms with E-state index in [0.29, 0.717) is 5.82 Å². The Morgan fingerprint density at radius 2 is 1.85 bits per heavy atom. The third-order valence-electron chi connectivity index (χ3n) is 3.40. The molecule has 1 N–H and O–H groups in total. The largest absolute Gasteiger partial charge is 0.459 e. The summed E-state index contributed by atoms with van der Waals surface area (Å²) < 4.78 is 11.4. The minimum atomic E-state index is -0.787. The number of carbonyl (C=O) groups excluding carboxylic acids is 2. The van der Waals surface area contributed by atoms with Crippen LogP contribution in [0.15, 0.2) is 41.3 Å². The highest BCUT2D eigenvalue weighted by atomic mass is 16.6. The number of esters is 1. The molecule has 8 heteroatoms. The first kappa shape index (κ1) is 20.2. The summed E-state index contributed by atoms with van der Waals surface area (Å²) in [6, 6.07) is 9.14. The molecule has 0 aliphatic carbocycles. The summed E-state index contributed by atoms with van der Waals surface area (Å²) >= 11 is 0. The fraction of sp³-hybridized carbons (Fsp3) is 0.368. The second-order valence-corrected chi connectivity index (χ2v) is 6.88. The van der Waals surface area contributed by atoms with Crippen molar-refractivity contribution in [3.8, 4) is 0 Å². The lowest BCUT2D eigenvalue weighted by Crippen LogP contribution is -2.33. The van der Waals surface area contributed by atoms with Gasteiger partial charge in [-0.1, -0.05) is 30.3 Å². The molecule has 0 bridgehead atoms. The van der Waals surface area contributed by atoms with Gasteiger partial charge in [0.15, 0.2) is 0 Å². The number of aromatic nitrogens is 2. The van der Waals surface area contributed by atoms with E-state index in [1.807, 2.05) is 30.3 Å². The molecule has 27 heavy (non-hydrogen) atoms. The van der Waals surface area contributed by atoms with Gasteiger partial charge in [-0.15, -0.1) is 0 Å². The van der Waals surface area contributed by atoms with Gasteiger partial charge in [0.05, 0.1) is 6.20 Å². The van der Waals surface area contributed by atoms with Gasteiger partial charge in [-0.3, -0.25) is 19.5 Å². The molecule has 1 aromatic carbocycles. The number of nitrogens with zero attached hydrogens (tertiary/aromatic N) is 2. The fourth-order valence-electron chi connectivity index (χ4n) is 2.22. The van der Waals surface area contributed by atoms with Crippen molar-refractivity contribution >= 4 is 17.7 Å². The van der Waals surface area contributed by atoms with E-state index in [9.17, 15) is 14.4 Å². The minimum absolute atomic E-state index is 0.0675. The molecule has 0 aliphatic rings. The molecule has 2 aromatic rings. The van der Waals surface area contributed by atoms with Crippen molar-refractivity contribution in [1.29, 1.82) is 0 Å². The van der Waals surface area contributed by atoms with Gasteiger partial charge in [0.25, 0.3) is 5.56 Å². The highest BCUT2D eigenvalue weighted by Crippen LogP contribution is 2.08. The lowest BCUT2D eigenvalue weighted by Gasteiger charge is -2.20. The second-order valence-electron chi connectivity index (χ2n) is 6.88. The third kappa shape index (κ3) is 6.25. The number of ether oxygens (including phenoxy) is 2. The molecule has 1 heterocycles. The van der Waals surface area contributed by atoms with E-state index in [1.54, 1.807) is 27.7 Å². The van der Waals surface area contributed by atoms with Crippen molar-refractivity contribution in [2.75, 3.05) is 5.32 Å². The molecule has 0 spiro atoms. The van der Waals surface area contributed by atoms with E-state index in [4.69, 9.17) is 9.47 Å². The topological polar surface area (TPSA) is 99.5 Å². The number of anilines is 1. The highest BCUT2D eigenvalue weighted by Gasteiger charge is 2.19. The molecule has 0 saturated heterocycles. The van der Waals surface area contributed by atoms with E-state index >= 15 is 0 Å². The SMILES string of the molecule is Cc1ncc(NC(=O)OCc2ccccc2)c(=O)n1CC(=O)OC(C)(C)C. The number of aryl methyl sites for hydroxylation is 1. The van der Waals surface area contributed by atoms with Crippen molar-refractivity contribution in [2.45, 2.75) is 46.4 Å². The predicted molar refractivity (Wildman–Crippen MR) is 99.3 cm³/mol. The Labute approximate surface area is 157 Å². The zero-order valence-electron chi connectivity index (χ0n) is 15.8. The Morgan fingerprint density at radius 1 is 1.19 bits per heavy atom. The van der Waals surface area contributed by atoms with Gasteiger partial charge in [-0.05, 0) is 33.3 Å². The van der Waals surface area contributed by atoms with Crippen LogP contribution in [0.2, 0.25) is 0 Å². The maximum Gasteiger partial charge on any atom is 0.412 e. The molecule has 0 atom stereocenters. The van der Waals surface area contributed by atoms with Crippen molar-refractivity contribution < 1.29 is 19.1 Å². The Kier molecular flexibility index (Phi) is 6.33. The van der Waals surface area contributed by atoms with Gasteiger partial charge in [-0.2, -0.15) is 0 Å². The van der Waals surface area contributed by atoms with E-state index in [1.165, 1.54) is 6.20 Å². The molecule has 0 saturated carbocycles. The van der Waals surface area contributed by atoms with Crippen LogP contribution in [0, 0.1) is 6.92 Å². The molecule has 2 rings (SSSR count). The quantitative estimate of drug-likeness (QED) is 0.809. The smallest absolute Gasteiger partial charge is 0.412 e. The van der Waals surface area contributed by atoms with Crippen molar-refractivity contribution in [3.05, 3.63) is 58.3 Å². The van der Waals surface area contributed by atoms with Crippen molar-refractivity contribution in [3.63, 3.8) is 0 Å². The van der Waals surface area contributed by atoms with Crippen LogP contribution in [0.4, 0.5) is 10.5 Å². The van der Waals surface area contributed by atoms with Crippen LogP contribution in [0.25, 0.3) is 0 Å². The van der Waals surface area contributed by atoms with Crippen LogP contribution in [0.3, 0.4) is 0 Å². The Balaban J connectivity index is 2.06. The van der Waals surface area contributed by atoms with Gasteiger partial charge in [-0.25, -0.2) is 9.78 Å². The van der Waals surface area contributed by atoms with E-state index in [2.05, 4.69) is 10.3 Å². The monoisotopic (exact) mass is 373 g/mol. The molecule has 1 amide bonds. The zero-order chi connectivity index (χ0) is 20.0. The van der Waals surface area contributed by atoms with Gasteiger partial charge in [0.2, 0.25) is 0 Å². The number of amides is 1. The summed E-state index contributed by atoms with van der Waals surface area (Å²) in [5.74, 6) is -0.243. The lowest BCUT2D eigenvalue weighted by atomic mass is 10.2. The van der Waals surface area contributed by atoms with Gasteiger partial charge in [0.1, 0.15) is 30.3 Å². The maximum atomic E-state index is 12.5. The predicted octanol–water partition coefficient (Wildman–Crippen LogP) is 2.64. The normalized spacial score (nSPS) is 11.0. The first-order valence-corrected chi connectivity index (χ1v) is 8.42. The number of rotatable bonds is 5. The van der Waals surface area contributed by atoms with Gasteiger partial charge in [0, 0.05) is 0 Å². The zero-order valence-corrected chi connectivity index (χ0v) is 15.8. The first-order valence-electron chi connectivity index (χ1n) is 8.42. The lowest BCUT2D eigenvalue weighted by molar-refractivity contribution is -0.155. The van der Waals surface area contributed by atoms with Gasteiger partial charge >= 0.3 is 12.1 Å². The third-order valence-corrected chi connectivity index (χ3v) is 3.40. The molecule has 0 unspecified atom stereocenters. The van der Waals surface area contributed by atoms with Crippen LogP contribution < -0.4 is 10.9 Å². The molecule has 144 valence electrons. The average Bonchev–Trinajstić information content (AvgIpc) is 2.59. The van der Waals surface area contributed by atoms with Crippen LogP contribution in [-0.2, 0) is 27.4 Å². The van der Waals surface area contributed by atoms with E-state index < -0.39 is 23.2 Å². The van der Waals surface area contributed by atoms with Crippen LogP contribution >= 0.6 is 0 Å². The maximum absolute atomic E-state index is 12.5. The first-order chi connectivity index (χ1) is 12.7. The Morgan fingerprint density at radius 3 is 2.48 bits per heavy atom. The summed E-state index contributed by atoms with van der Waals surface area (Å²) in [6.45, 7) is 6.56. The van der Waals surface area contributed by atoms with Crippen molar-refractivity contribution in [1.82, 2.24) is 9.55 Å². The van der Waals surface area contributed by atoms with Gasteiger partial charge < -0.3 is 9.47 Å². The number of nitrogens with one attached hydrogen (secondary N) is 1. The van der Waals surface area contributed by atoms with E-state index in [0.717, 1.165) is 10.1 Å². The standard InChI is InChI=1S/C19H23N3O5/c1-13-20-10-15(17(24)22(13)11-16(23)27-19(2,3)4)21-18(25)26-12-14-8-6-5-7-9-14/h5-10H,11-12H2,1-4H3,(H,21,25). The number of carbonyl (C=O) groups is 2. The Hall–Kier alpha value is -3.16. The van der Waals surface area contributed by atoms with Crippen LogP contribution in [-0.4, -0.2) is 27.2 Å². The molecular formula is C19H23N3O5. The van der Waals surface area contributed by atoms with Crippen LogP contribution in [0.1, 0.15) is 32.2 Å². The van der Waals surface area contributed by atoms with Crippen molar-refractivity contribution in [2.24, 2.45) is 0 Å².